The van der Waals surface area contributed by atoms with Gasteiger partial charge in [-0.05, 0) is 86.4 Å². The van der Waals surface area contributed by atoms with Gasteiger partial charge < -0.3 is 5.11 Å². The lowest BCUT2D eigenvalue weighted by molar-refractivity contribution is -0.152. The van der Waals surface area contributed by atoms with Gasteiger partial charge in [0.25, 0.3) is 0 Å². The van der Waals surface area contributed by atoms with Gasteiger partial charge in [-0.3, -0.25) is 4.79 Å². The fraction of sp³-hybridized carbons (Fsp3) is 0.950. The first-order valence-corrected chi connectivity index (χ1v) is 9.52. The molecule has 22 heavy (non-hydrogen) atoms. The van der Waals surface area contributed by atoms with E-state index in [1.807, 2.05) is 0 Å². The van der Waals surface area contributed by atoms with E-state index >= 15 is 0 Å². The van der Waals surface area contributed by atoms with Crippen LogP contribution in [-0.4, -0.2) is 16.5 Å². The Morgan fingerprint density at radius 1 is 0.955 bits per heavy atom. The third-order valence-corrected chi connectivity index (χ3v) is 9.04. The molecule has 0 heterocycles. The molecule has 2 nitrogen and oxygen atoms in total. The quantitative estimate of drug-likeness (QED) is 0.722. The van der Waals surface area contributed by atoms with Crippen LogP contribution < -0.4 is 0 Å². The summed E-state index contributed by atoms with van der Waals surface area (Å²) in [6.07, 6.45) is 9.98. The Labute approximate surface area is 135 Å². The van der Waals surface area contributed by atoms with Gasteiger partial charge in [-0.15, -0.1) is 0 Å². The molecule has 0 amide bonds. The van der Waals surface area contributed by atoms with Gasteiger partial charge in [-0.25, -0.2) is 0 Å². The van der Waals surface area contributed by atoms with Gasteiger partial charge in [0, 0.05) is 12.8 Å². The largest absolute Gasteiger partial charge is 0.390 e. The first-order chi connectivity index (χ1) is 10.3. The Bertz CT molecular complexity index is 496. The number of hydrogen-bond acceptors (Lipinski definition) is 2. The number of hydrogen-bond donors (Lipinski definition) is 1. The predicted octanol–water partition coefficient (Wildman–Crippen LogP) is 4.35. The number of carbonyl (C=O) groups excluding carboxylic acids is 1. The molecule has 4 aliphatic rings. The summed E-state index contributed by atoms with van der Waals surface area (Å²) in [5.41, 5.74) is 0.0530. The van der Waals surface area contributed by atoms with Crippen molar-refractivity contribution in [3.05, 3.63) is 0 Å². The Kier molecular flexibility index (Phi) is 3.16. The van der Waals surface area contributed by atoms with Crippen molar-refractivity contribution in [1.82, 2.24) is 0 Å². The summed E-state index contributed by atoms with van der Waals surface area (Å²) in [5, 5.41) is 10.9. The van der Waals surface area contributed by atoms with Crippen LogP contribution in [0.5, 0.6) is 0 Å². The van der Waals surface area contributed by atoms with Gasteiger partial charge in [0.2, 0.25) is 0 Å². The Balaban J connectivity index is 1.65. The van der Waals surface area contributed by atoms with E-state index in [4.69, 9.17) is 0 Å². The van der Waals surface area contributed by atoms with Crippen molar-refractivity contribution >= 4 is 5.78 Å². The van der Waals surface area contributed by atoms with Crippen LogP contribution in [-0.2, 0) is 4.79 Å². The molecule has 0 saturated heterocycles. The lowest BCUT2D eigenvalue weighted by Gasteiger charge is -2.60. The van der Waals surface area contributed by atoms with Crippen LogP contribution in [0.25, 0.3) is 0 Å². The Morgan fingerprint density at radius 2 is 1.68 bits per heavy atom. The number of fused-ring (bicyclic) bond motifs is 5. The fourth-order valence-corrected chi connectivity index (χ4v) is 7.29. The van der Waals surface area contributed by atoms with Crippen molar-refractivity contribution in [3.63, 3.8) is 0 Å². The molecule has 4 aliphatic carbocycles. The average molecular weight is 304 g/mol. The minimum absolute atomic E-state index is 0.127. The highest BCUT2D eigenvalue weighted by molar-refractivity contribution is 5.79. The zero-order valence-electron chi connectivity index (χ0n) is 14.5. The van der Waals surface area contributed by atoms with E-state index in [0.717, 1.165) is 37.5 Å². The highest BCUT2D eigenvalue weighted by Gasteiger charge is 2.63. The molecule has 0 aromatic heterocycles. The molecule has 124 valence electrons. The van der Waals surface area contributed by atoms with E-state index in [-0.39, 0.29) is 5.41 Å². The third kappa shape index (κ3) is 1.79. The van der Waals surface area contributed by atoms with Crippen molar-refractivity contribution in [1.29, 1.82) is 0 Å². The van der Waals surface area contributed by atoms with Crippen LogP contribution in [0.1, 0.15) is 78.6 Å². The second kappa shape index (κ2) is 4.59. The minimum Gasteiger partial charge on any atom is -0.390 e. The highest BCUT2D eigenvalue weighted by atomic mass is 16.3. The van der Waals surface area contributed by atoms with Gasteiger partial charge in [0.05, 0.1) is 5.60 Å². The standard InChI is InChI=1S/C20H32O2/c1-18-9-6-14(21)12-13(18)4-5-15-16(18)7-10-19(2)17(15)8-11-20(19,3)22/h13,15-17,22H,4-12H2,1-3H3/t13-,15+,16+,17-,18-,19+,20+/m0/s1. The van der Waals surface area contributed by atoms with E-state index in [0.29, 0.717) is 23.0 Å². The summed E-state index contributed by atoms with van der Waals surface area (Å²) in [6, 6.07) is 0. The summed E-state index contributed by atoms with van der Waals surface area (Å²) in [5.74, 6) is 3.44. The molecule has 0 spiro atoms. The Hall–Kier alpha value is -0.370. The van der Waals surface area contributed by atoms with Crippen LogP contribution in [0.4, 0.5) is 0 Å². The van der Waals surface area contributed by atoms with E-state index in [2.05, 4.69) is 20.8 Å². The molecule has 0 aliphatic heterocycles. The molecular formula is C20H32O2. The topological polar surface area (TPSA) is 37.3 Å². The van der Waals surface area contributed by atoms with Gasteiger partial charge in [0.15, 0.2) is 0 Å². The number of ketones is 1. The lowest BCUT2D eigenvalue weighted by atomic mass is 9.44. The summed E-state index contributed by atoms with van der Waals surface area (Å²) < 4.78 is 0. The van der Waals surface area contributed by atoms with E-state index < -0.39 is 5.60 Å². The second-order valence-corrected chi connectivity index (χ2v) is 9.67. The van der Waals surface area contributed by atoms with Crippen molar-refractivity contribution < 1.29 is 9.90 Å². The van der Waals surface area contributed by atoms with Crippen LogP contribution >= 0.6 is 0 Å². The number of aliphatic hydroxyl groups is 1. The van der Waals surface area contributed by atoms with E-state index in [1.165, 1.54) is 32.1 Å². The summed E-state index contributed by atoms with van der Waals surface area (Å²) in [6.45, 7) is 6.94. The maximum atomic E-state index is 11.9. The summed E-state index contributed by atoms with van der Waals surface area (Å²) in [7, 11) is 0. The maximum Gasteiger partial charge on any atom is 0.133 e. The van der Waals surface area contributed by atoms with Gasteiger partial charge in [0.1, 0.15) is 5.78 Å². The van der Waals surface area contributed by atoms with Crippen molar-refractivity contribution in [2.24, 2.45) is 34.5 Å². The van der Waals surface area contributed by atoms with Gasteiger partial charge in [-0.1, -0.05) is 13.8 Å². The molecule has 0 bridgehead atoms. The predicted molar refractivity (Wildman–Crippen MR) is 87.4 cm³/mol. The van der Waals surface area contributed by atoms with Gasteiger partial charge >= 0.3 is 0 Å². The fourth-order valence-electron chi connectivity index (χ4n) is 7.29. The molecule has 1 N–H and O–H groups in total. The zero-order valence-corrected chi connectivity index (χ0v) is 14.5. The molecule has 4 saturated carbocycles. The van der Waals surface area contributed by atoms with Crippen LogP contribution in [0, 0.1) is 34.5 Å². The molecule has 0 unspecified atom stereocenters. The summed E-state index contributed by atoms with van der Waals surface area (Å²) in [4.78, 5) is 11.9. The SMILES string of the molecule is C[C@]12CCC(=O)C[C@@H]1CC[C@@H]1[C@H]2CC[C@]2(C)[C@H]1CC[C@@]2(C)O. The molecule has 0 radical (unpaired) electrons. The number of carbonyl (C=O) groups is 1. The molecule has 4 fully saturated rings. The molecule has 0 aromatic carbocycles. The third-order valence-electron chi connectivity index (χ3n) is 9.04. The summed E-state index contributed by atoms with van der Waals surface area (Å²) >= 11 is 0. The maximum absolute atomic E-state index is 11.9. The van der Waals surface area contributed by atoms with E-state index in [1.54, 1.807) is 0 Å². The Morgan fingerprint density at radius 3 is 2.45 bits per heavy atom. The van der Waals surface area contributed by atoms with E-state index in [9.17, 15) is 9.90 Å². The molecule has 7 atom stereocenters. The average Bonchev–Trinajstić information content (AvgIpc) is 2.70. The van der Waals surface area contributed by atoms with Crippen molar-refractivity contribution in [2.75, 3.05) is 0 Å². The first-order valence-electron chi connectivity index (χ1n) is 9.52. The zero-order chi connectivity index (χ0) is 15.8. The number of Topliss-reactive ketones (excluding diaryl/α,β-unsaturated/α-hetero) is 1. The van der Waals surface area contributed by atoms with Crippen molar-refractivity contribution in [2.45, 2.75) is 84.2 Å². The monoisotopic (exact) mass is 304 g/mol. The van der Waals surface area contributed by atoms with Crippen LogP contribution in [0.15, 0.2) is 0 Å². The smallest absolute Gasteiger partial charge is 0.133 e. The number of rotatable bonds is 0. The molecular weight excluding hydrogens is 272 g/mol. The highest BCUT2D eigenvalue weighted by Crippen LogP contribution is 2.67. The minimum atomic E-state index is -0.469. The molecule has 4 rings (SSSR count). The van der Waals surface area contributed by atoms with Gasteiger partial charge in [-0.2, -0.15) is 0 Å². The molecule has 2 heteroatoms. The molecule has 0 aromatic rings. The normalized spacial score (nSPS) is 57.9. The second-order valence-electron chi connectivity index (χ2n) is 9.67. The van der Waals surface area contributed by atoms with Crippen LogP contribution in [0.2, 0.25) is 0 Å². The van der Waals surface area contributed by atoms with Crippen molar-refractivity contribution in [3.8, 4) is 0 Å². The first kappa shape index (κ1) is 15.2. The lowest BCUT2D eigenvalue weighted by Crippen LogP contribution is -2.55. The van der Waals surface area contributed by atoms with Crippen LogP contribution in [0.3, 0.4) is 0 Å².